The predicted molar refractivity (Wildman–Crippen MR) is 70.7 cm³/mol. The second kappa shape index (κ2) is 5.09. The van der Waals surface area contributed by atoms with Crippen molar-refractivity contribution in [2.45, 2.75) is 30.8 Å². The number of hydrogen-bond donors (Lipinski definition) is 0. The van der Waals surface area contributed by atoms with Crippen LogP contribution in [0.3, 0.4) is 0 Å². The summed E-state index contributed by atoms with van der Waals surface area (Å²) in [6.07, 6.45) is 1.19. The number of nitrogens with zero attached hydrogens (tertiary/aromatic N) is 2. The molecule has 1 aromatic carbocycles. The Hall–Kier alpha value is -1.38. The summed E-state index contributed by atoms with van der Waals surface area (Å²) in [5, 5.41) is 9.02. The number of benzene rings is 1. The Morgan fingerprint density at radius 2 is 1.78 bits per heavy atom. The summed E-state index contributed by atoms with van der Waals surface area (Å²) in [4.78, 5) is 2.23. The molecule has 0 aliphatic heterocycles. The van der Waals surface area contributed by atoms with E-state index in [1.807, 2.05) is 25.8 Å². The van der Waals surface area contributed by atoms with Gasteiger partial charge in [-0.25, -0.2) is 8.42 Å². The van der Waals surface area contributed by atoms with Crippen LogP contribution in [0.4, 0.5) is 0 Å². The third-order valence-corrected chi connectivity index (χ3v) is 4.13. The van der Waals surface area contributed by atoms with Crippen molar-refractivity contribution in [3.8, 4) is 6.07 Å². The fourth-order valence-corrected chi connectivity index (χ4v) is 2.03. The Balaban J connectivity index is 2.86. The van der Waals surface area contributed by atoms with Gasteiger partial charge in [-0.05, 0) is 38.6 Å². The van der Waals surface area contributed by atoms with Gasteiger partial charge in [0.25, 0.3) is 0 Å². The van der Waals surface area contributed by atoms with Gasteiger partial charge in [-0.1, -0.05) is 12.1 Å². The largest absolute Gasteiger partial charge is 0.285 e. The second-order valence-electron chi connectivity index (χ2n) is 4.94. The van der Waals surface area contributed by atoms with Crippen LogP contribution >= 0.6 is 0 Å². The maximum Gasteiger partial charge on any atom is 0.175 e. The first kappa shape index (κ1) is 14.7. The van der Waals surface area contributed by atoms with Gasteiger partial charge in [-0.15, -0.1) is 0 Å². The predicted octanol–water partition coefficient (Wildman–Crippen LogP) is 1.82. The smallest absolute Gasteiger partial charge is 0.175 e. The monoisotopic (exact) mass is 266 g/mol. The third-order valence-electron chi connectivity index (χ3n) is 3.00. The fourth-order valence-electron chi connectivity index (χ4n) is 1.40. The van der Waals surface area contributed by atoms with Gasteiger partial charge in [0, 0.05) is 12.8 Å². The van der Waals surface area contributed by atoms with Crippen molar-refractivity contribution in [2.24, 2.45) is 0 Å². The van der Waals surface area contributed by atoms with E-state index in [4.69, 9.17) is 5.26 Å². The van der Waals surface area contributed by atoms with Gasteiger partial charge in [0.1, 0.15) is 5.54 Å². The summed E-state index contributed by atoms with van der Waals surface area (Å²) in [5.41, 5.74) is 0.434. The van der Waals surface area contributed by atoms with E-state index in [0.29, 0.717) is 11.4 Å². The zero-order valence-electron chi connectivity index (χ0n) is 11.1. The van der Waals surface area contributed by atoms with Crippen molar-refractivity contribution in [3.05, 3.63) is 29.8 Å². The molecule has 1 aromatic rings. The van der Waals surface area contributed by atoms with E-state index in [9.17, 15) is 8.42 Å². The molecule has 0 N–H and O–H groups in total. The van der Waals surface area contributed by atoms with Crippen LogP contribution in [0.1, 0.15) is 19.4 Å². The molecule has 18 heavy (non-hydrogen) atoms. The average Bonchev–Trinajstić information content (AvgIpc) is 2.28. The Bertz CT molecular complexity index is 554. The molecule has 0 spiro atoms. The number of sulfone groups is 1. The molecule has 0 aliphatic rings. The van der Waals surface area contributed by atoms with E-state index in [1.165, 1.54) is 6.26 Å². The minimum absolute atomic E-state index is 0.313. The summed E-state index contributed by atoms with van der Waals surface area (Å²) in [5.74, 6) is 0. The van der Waals surface area contributed by atoms with E-state index in [1.54, 1.807) is 24.3 Å². The van der Waals surface area contributed by atoms with Crippen LogP contribution in [0.2, 0.25) is 0 Å². The molecule has 0 unspecified atom stereocenters. The maximum atomic E-state index is 11.3. The van der Waals surface area contributed by atoms with Crippen molar-refractivity contribution < 1.29 is 8.42 Å². The second-order valence-corrected chi connectivity index (χ2v) is 6.96. The molecular weight excluding hydrogens is 248 g/mol. The molecular formula is C13H18N2O2S. The van der Waals surface area contributed by atoms with Crippen LogP contribution in [0, 0.1) is 11.3 Å². The van der Waals surface area contributed by atoms with Crippen LogP contribution in [-0.2, 0) is 16.4 Å². The Kier molecular flexibility index (Phi) is 4.15. The van der Waals surface area contributed by atoms with Crippen LogP contribution in [0.15, 0.2) is 29.2 Å². The van der Waals surface area contributed by atoms with Crippen molar-refractivity contribution in [1.82, 2.24) is 4.90 Å². The molecule has 0 bridgehead atoms. The normalized spacial score (nSPS) is 12.4. The van der Waals surface area contributed by atoms with Crippen LogP contribution < -0.4 is 0 Å². The zero-order chi connectivity index (χ0) is 14.0. The van der Waals surface area contributed by atoms with Crippen LogP contribution in [0.25, 0.3) is 0 Å². The SMILES string of the molecule is CN(Cc1ccc(S(C)(=O)=O)cc1)C(C)(C)C#N. The summed E-state index contributed by atoms with van der Waals surface area (Å²) in [6.45, 7) is 4.29. The number of rotatable bonds is 4. The Morgan fingerprint density at radius 1 is 1.28 bits per heavy atom. The minimum atomic E-state index is -3.15. The first-order valence-corrected chi connectivity index (χ1v) is 7.47. The van der Waals surface area contributed by atoms with Gasteiger partial charge in [0.05, 0.1) is 11.0 Å². The molecule has 0 aliphatic carbocycles. The molecule has 98 valence electrons. The first-order valence-electron chi connectivity index (χ1n) is 5.58. The number of hydrogen-bond acceptors (Lipinski definition) is 4. The van der Waals surface area contributed by atoms with Gasteiger partial charge < -0.3 is 0 Å². The lowest BCUT2D eigenvalue weighted by Gasteiger charge is -2.28. The topological polar surface area (TPSA) is 61.2 Å². The summed E-state index contributed by atoms with van der Waals surface area (Å²) in [6, 6.07) is 8.97. The third kappa shape index (κ3) is 3.56. The summed E-state index contributed by atoms with van der Waals surface area (Å²) >= 11 is 0. The summed E-state index contributed by atoms with van der Waals surface area (Å²) < 4.78 is 22.6. The van der Waals surface area contributed by atoms with E-state index >= 15 is 0 Å². The highest BCUT2D eigenvalue weighted by Crippen LogP contribution is 2.16. The van der Waals surface area contributed by atoms with Gasteiger partial charge >= 0.3 is 0 Å². The minimum Gasteiger partial charge on any atom is -0.285 e. The first-order chi connectivity index (χ1) is 8.16. The number of nitriles is 1. The van der Waals surface area contributed by atoms with Gasteiger partial charge in [0.2, 0.25) is 0 Å². The average molecular weight is 266 g/mol. The lowest BCUT2D eigenvalue weighted by molar-refractivity contribution is 0.203. The van der Waals surface area contributed by atoms with E-state index < -0.39 is 15.4 Å². The van der Waals surface area contributed by atoms with Gasteiger partial charge in [0.15, 0.2) is 9.84 Å². The molecule has 1 rings (SSSR count). The van der Waals surface area contributed by atoms with E-state index in [0.717, 1.165) is 5.56 Å². The molecule has 0 fully saturated rings. The van der Waals surface area contributed by atoms with Crippen molar-refractivity contribution in [3.63, 3.8) is 0 Å². The maximum absolute atomic E-state index is 11.3. The molecule has 0 heterocycles. The molecule has 0 radical (unpaired) electrons. The standard InChI is InChI=1S/C13H18N2O2S/c1-13(2,10-14)15(3)9-11-5-7-12(8-6-11)18(4,16)17/h5-8H,9H2,1-4H3. The molecule has 0 saturated heterocycles. The highest BCUT2D eigenvalue weighted by atomic mass is 32.2. The van der Waals surface area contributed by atoms with Crippen molar-refractivity contribution >= 4 is 9.84 Å². The lowest BCUT2D eigenvalue weighted by atomic mass is 10.1. The Labute approximate surface area is 109 Å². The van der Waals surface area contributed by atoms with Crippen LogP contribution in [-0.4, -0.2) is 32.2 Å². The molecule has 5 heteroatoms. The Morgan fingerprint density at radius 3 is 2.17 bits per heavy atom. The quantitative estimate of drug-likeness (QED) is 0.834. The highest BCUT2D eigenvalue weighted by molar-refractivity contribution is 7.90. The summed E-state index contributed by atoms with van der Waals surface area (Å²) in [7, 11) is -1.28. The fraction of sp³-hybridized carbons (Fsp3) is 0.462. The highest BCUT2D eigenvalue weighted by Gasteiger charge is 2.22. The molecule has 4 nitrogen and oxygen atoms in total. The van der Waals surface area contributed by atoms with E-state index in [-0.39, 0.29) is 0 Å². The molecule has 0 amide bonds. The van der Waals surface area contributed by atoms with E-state index in [2.05, 4.69) is 6.07 Å². The molecule has 0 atom stereocenters. The lowest BCUT2D eigenvalue weighted by Crippen LogP contribution is -2.38. The van der Waals surface area contributed by atoms with Crippen molar-refractivity contribution in [1.29, 1.82) is 5.26 Å². The van der Waals surface area contributed by atoms with Crippen LogP contribution in [0.5, 0.6) is 0 Å². The zero-order valence-corrected chi connectivity index (χ0v) is 12.0. The van der Waals surface area contributed by atoms with Crippen molar-refractivity contribution in [2.75, 3.05) is 13.3 Å². The van der Waals surface area contributed by atoms with Gasteiger partial charge in [-0.2, -0.15) is 5.26 Å². The van der Waals surface area contributed by atoms with Gasteiger partial charge in [-0.3, -0.25) is 4.90 Å². The molecule has 0 saturated carbocycles. The molecule has 0 aromatic heterocycles.